The number of aryl methyl sites for hydroxylation is 2. The number of anilines is 1. The summed E-state index contributed by atoms with van der Waals surface area (Å²) in [5.74, 6) is 1.21. The lowest BCUT2D eigenvalue weighted by Crippen LogP contribution is -2.38. The molecule has 1 fully saturated rings. The number of para-hydroxylation sites is 1. The van der Waals surface area contributed by atoms with Crippen LogP contribution in [0.2, 0.25) is 0 Å². The van der Waals surface area contributed by atoms with Gasteiger partial charge < -0.3 is 19.7 Å². The normalized spacial score (nSPS) is 15.8. The minimum Gasteiger partial charge on any atom is -0.491 e. The molecular weight excluding hydrogens is 410 g/mol. The van der Waals surface area contributed by atoms with Crippen LogP contribution in [0.25, 0.3) is 11.2 Å². The number of benzene rings is 1. The minimum atomic E-state index is -0.874. The highest BCUT2D eigenvalue weighted by Gasteiger charge is 2.23. The molecule has 4 rings (SSSR count). The van der Waals surface area contributed by atoms with Gasteiger partial charge in [0, 0.05) is 20.1 Å². The van der Waals surface area contributed by atoms with E-state index in [0.717, 1.165) is 35.8 Å². The fraction of sp³-hybridized carbons (Fsp3) is 0.522. The summed E-state index contributed by atoms with van der Waals surface area (Å²) in [4.78, 5) is 30.0. The summed E-state index contributed by atoms with van der Waals surface area (Å²) in [5.41, 5.74) is 0.724. The minimum absolute atomic E-state index is 0.0689. The van der Waals surface area contributed by atoms with Crippen LogP contribution in [0.4, 0.5) is 5.95 Å². The molecule has 0 spiro atoms. The summed E-state index contributed by atoms with van der Waals surface area (Å²) in [6, 6.07) is 7.87. The van der Waals surface area contributed by atoms with Crippen LogP contribution in [0.3, 0.4) is 0 Å². The van der Waals surface area contributed by atoms with Gasteiger partial charge >= 0.3 is 5.69 Å². The Morgan fingerprint density at radius 3 is 2.59 bits per heavy atom. The fourth-order valence-corrected chi connectivity index (χ4v) is 4.33. The van der Waals surface area contributed by atoms with Crippen LogP contribution in [0.5, 0.6) is 5.75 Å². The van der Waals surface area contributed by atoms with E-state index in [9.17, 15) is 14.7 Å². The molecule has 172 valence electrons. The van der Waals surface area contributed by atoms with Crippen molar-refractivity contribution in [3.8, 4) is 5.75 Å². The standard InChI is InChI=1S/C23H31N5O4/c1-15-9-7-8-12-18(15)32-14-17(29)13-28-19-20(26(2)23(31)27(3)21(19)30)25-22(28)24-16-10-5-4-6-11-16/h7-9,12,16-17,29H,4-6,10-11,13-14H2,1-3H3,(H,24,25)/t17-/m0/s1. The molecule has 0 saturated heterocycles. The molecule has 1 aromatic carbocycles. The molecule has 0 unspecified atom stereocenters. The molecule has 0 bridgehead atoms. The lowest BCUT2D eigenvalue weighted by molar-refractivity contribution is 0.0934. The first-order valence-electron chi connectivity index (χ1n) is 11.2. The summed E-state index contributed by atoms with van der Waals surface area (Å²) in [5, 5.41) is 14.2. The van der Waals surface area contributed by atoms with Gasteiger partial charge in [0.2, 0.25) is 5.95 Å². The number of hydrogen-bond donors (Lipinski definition) is 2. The number of aliphatic hydroxyl groups is 1. The third kappa shape index (κ3) is 4.29. The molecule has 9 heteroatoms. The number of imidazole rings is 1. The maximum absolute atomic E-state index is 13.0. The molecule has 0 aliphatic heterocycles. The van der Waals surface area contributed by atoms with Crippen molar-refractivity contribution in [3.63, 3.8) is 0 Å². The van der Waals surface area contributed by atoms with E-state index < -0.39 is 17.4 Å². The number of rotatable bonds is 7. The number of nitrogens with one attached hydrogen (secondary N) is 1. The lowest BCUT2D eigenvalue weighted by Gasteiger charge is -2.24. The average molecular weight is 442 g/mol. The second-order valence-electron chi connectivity index (χ2n) is 8.63. The molecule has 1 aliphatic carbocycles. The van der Waals surface area contributed by atoms with E-state index in [4.69, 9.17) is 4.74 Å². The van der Waals surface area contributed by atoms with E-state index in [2.05, 4.69) is 10.3 Å². The van der Waals surface area contributed by atoms with E-state index in [1.54, 1.807) is 11.6 Å². The van der Waals surface area contributed by atoms with Crippen molar-refractivity contribution >= 4 is 17.1 Å². The molecule has 2 heterocycles. The van der Waals surface area contributed by atoms with Crippen molar-refractivity contribution in [2.75, 3.05) is 11.9 Å². The van der Waals surface area contributed by atoms with Gasteiger partial charge in [-0.2, -0.15) is 4.98 Å². The van der Waals surface area contributed by atoms with Crippen LogP contribution in [-0.4, -0.2) is 42.5 Å². The summed E-state index contributed by atoms with van der Waals surface area (Å²) >= 11 is 0. The molecule has 2 aromatic heterocycles. The zero-order valence-electron chi connectivity index (χ0n) is 18.9. The van der Waals surface area contributed by atoms with E-state index in [1.165, 1.54) is 18.0 Å². The maximum atomic E-state index is 13.0. The predicted octanol–water partition coefficient (Wildman–Crippen LogP) is 1.93. The Labute approximate surface area is 186 Å². The molecule has 1 atom stereocenters. The highest BCUT2D eigenvalue weighted by molar-refractivity contribution is 5.74. The Morgan fingerprint density at radius 1 is 1.16 bits per heavy atom. The number of fused-ring (bicyclic) bond motifs is 1. The maximum Gasteiger partial charge on any atom is 0.332 e. The Balaban J connectivity index is 1.67. The first-order chi connectivity index (χ1) is 15.4. The smallest absolute Gasteiger partial charge is 0.332 e. The van der Waals surface area contributed by atoms with Crippen LogP contribution >= 0.6 is 0 Å². The van der Waals surface area contributed by atoms with Gasteiger partial charge in [-0.05, 0) is 31.4 Å². The van der Waals surface area contributed by atoms with Gasteiger partial charge in [0.05, 0.1) is 6.54 Å². The van der Waals surface area contributed by atoms with Crippen LogP contribution in [0, 0.1) is 6.92 Å². The number of aromatic nitrogens is 4. The van der Waals surface area contributed by atoms with Crippen LogP contribution in [0.15, 0.2) is 33.9 Å². The Hall–Kier alpha value is -3.07. The topological polar surface area (TPSA) is 103 Å². The number of nitrogens with zero attached hydrogens (tertiary/aromatic N) is 4. The first kappa shape index (κ1) is 22.1. The van der Waals surface area contributed by atoms with Gasteiger partial charge in [-0.1, -0.05) is 37.5 Å². The van der Waals surface area contributed by atoms with E-state index in [-0.39, 0.29) is 19.2 Å². The second kappa shape index (κ2) is 9.20. The van der Waals surface area contributed by atoms with Crippen LogP contribution in [0.1, 0.15) is 37.7 Å². The Morgan fingerprint density at radius 2 is 1.88 bits per heavy atom. The van der Waals surface area contributed by atoms with Gasteiger partial charge in [0.25, 0.3) is 5.56 Å². The zero-order chi connectivity index (χ0) is 22.8. The quantitative estimate of drug-likeness (QED) is 0.581. The van der Waals surface area contributed by atoms with Crippen LogP contribution in [-0.2, 0) is 20.6 Å². The molecule has 2 N–H and O–H groups in total. The monoisotopic (exact) mass is 441 g/mol. The molecule has 9 nitrogen and oxygen atoms in total. The summed E-state index contributed by atoms with van der Waals surface area (Å²) in [7, 11) is 3.05. The molecular formula is C23H31N5O4. The van der Waals surface area contributed by atoms with Gasteiger partial charge in [-0.15, -0.1) is 0 Å². The average Bonchev–Trinajstić information content (AvgIpc) is 3.14. The lowest BCUT2D eigenvalue weighted by atomic mass is 9.96. The predicted molar refractivity (Wildman–Crippen MR) is 123 cm³/mol. The Bertz CT molecular complexity index is 1220. The molecule has 1 aliphatic rings. The third-order valence-corrected chi connectivity index (χ3v) is 6.20. The van der Waals surface area contributed by atoms with Gasteiger partial charge in [0.1, 0.15) is 18.5 Å². The number of aliphatic hydroxyl groups excluding tert-OH is 1. The molecule has 0 amide bonds. The molecule has 0 radical (unpaired) electrons. The van der Waals surface area contributed by atoms with E-state index in [0.29, 0.717) is 22.9 Å². The SMILES string of the molecule is Cc1ccccc1OC[C@@H](O)Cn1c(NC2CCCCC2)nc2c1c(=O)n(C)c(=O)n2C. The summed E-state index contributed by atoms with van der Waals surface area (Å²) in [6.45, 7) is 2.13. The van der Waals surface area contributed by atoms with Gasteiger partial charge in [-0.3, -0.25) is 13.9 Å². The van der Waals surface area contributed by atoms with Gasteiger partial charge in [0.15, 0.2) is 11.2 Å². The molecule has 32 heavy (non-hydrogen) atoms. The number of ether oxygens (including phenoxy) is 1. The third-order valence-electron chi connectivity index (χ3n) is 6.20. The fourth-order valence-electron chi connectivity index (χ4n) is 4.33. The summed E-state index contributed by atoms with van der Waals surface area (Å²) in [6.07, 6.45) is 4.69. The van der Waals surface area contributed by atoms with Crippen molar-refractivity contribution in [2.45, 2.75) is 57.7 Å². The molecule has 3 aromatic rings. The van der Waals surface area contributed by atoms with Gasteiger partial charge in [-0.25, -0.2) is 4.79 Å². The molecule has 1 saturated carbocycles. The van der Waals surface area contributed by atoms with Crippen molar-refractivity contribution < 1.29 is 9.84 Å². The highest BCUT2D eigenvalue weighted by atomic mass is 16.5. The van der Waals surface area contributed by atoms with E-state index in [1.807, 2.05) is 31.2 Å². The van der Waals surface area contributed by atoms with Crippen molar-refractivity contribution in [3.05, 3.63) is 50.7 Å². The summed E-state index contributed by atoms with van der Waals surface area (Å²) < 4.78 is 9.94. The zero-order valence-corrected chi connectivity index (χ0v) is 18.9. The number of hydrogen-bond acceptors (Lipinski definition) is 6. The first-order valence-corrected chi connectivity index (χ1v) is 11.2. The van der Waals surface area contributed by atoms with Crippen molar-refractivity contribution in [1.82, 2.24) is 18.7 Å². The van der Waals surface area contributed by atoms with Crippen molar-refractivity contribution in [1.29, 1.82) is 0 Å². The largest absolute Gasteiger partial charge is 0.491 e. The van der Waals surface area contributed by atoms with Crippen molar-refractivity contribution in [2.24, 2.45) is 14.1 Å². The second-order valence-corrected chi connectivity index (χ2v) is 8.63. The highest BCUT2D eigenvalue weighted by Crippen LogP contribution is 2.24. The van der Waals surface area contributed by atoms with Crippen LogP contribution < -0.4 is 21.3 Å². The van der Waals surface area contributed by atoms with E-state index >= 15 is 0 Å². The Kier molecular flexibility index (Phi) is 6.36.